The fourth-order valence-electron chi connectivity index (χ4n) is 2.21. The third-order valence-corrected chi connectivity index (χ3v) is 5.06. The number of nitrogens with zero attached hydrogens (tertiary/aromatic N) is 1. The lowest BCUT2D eigenvalue weighted by atomic mass is 10.1. The number of aromatic carboxylic acids is 1. The Morgan fingerprint density at radius 3 is 2.62 bits per heavy atom. The van der Waals surface area contributed by atoms with Crippen molar-refractivity contribution in [2.75, 3.05) is 13.6 Å². The number of hydrogen-bond acceptors (Lipinski definition) is 4. The molecule has 1 aliphatic heterocycles. The Balaban J connectivity index is 2.34. The number of amides is 1. The molecule has 1 heterocycles. The van der Waals surface area contributed by atoms with E-state index < -0.39 is 22.0 Å². The molecule has 114 valence electrons. The fourth-order valence-corrected chi connectivity index (χ4v) is 3.70. The van der Waals surface area contributed by atoms with Gasteiger partial charge in [-0.15, -0.1) is 0 Å². The molecular formula is C13H16N2O5S. The molecule has 0 aliphatic carbocycles. The van der Waals surface area contributed by atoms with Crippen LogP contribution in [-0.2, 0) is 14.8 Å². The minimum atomic E-state index is -3.95. The van der Waals surface area contributed by atoms with Crippen molar-refractivity contribution in [3.05, 3.63) is 29.3 Å². The number of likely N-dealkylation sites (N-methyl/N-ethyl adjacent to an activating group) is 1. The predicted octanol–water partition coefficient (Wildman–Crippen LogP) is 0.202. The monoisotopic (exact) mass is 312 g/mol. The van der Waals surface area contributed by atoms with Gasteiger partial charge in [-0.2, -0.15) is 4.72 Å². The number of hydrogen-bond donors (Lipinski definition) is 2. The van der Waals surface area contributed by atoms with Crippen molar-refractivity contribution in [1.82, 2.24) is 9.62 Å². The second kappa shape index (κ2) is 5.45. The minimum absolute atomic E-state index is 0.115. The van der Waals surface area contributed by atoms with Crippen molar-refractivity contribution in [2.24, 2.45) is 0 Å². The zero-order chi connectivity index (χ0) is 15.8. The number of carbonyl (C=O) groups is 2. The highest BCUT2D eigenvalue weighted by Gasteiger charge is 2.33. The zero-order valence-corrected chi connectivity index (χ0v) is 12.5. The standard InChI is InChI=1S/C13H16N2O5S/c1-8-3-4-9(13(17)18)7-11(8)21(19,20)14-10-5-6-15(2)12(10)16/h3-4,7,10,14H,5-6H2,1-2H3,(H,17,18). The Kier molecular flexibility index (Phi) is 4.02. The summed E-state index contributed by atoms with van der Waals surface area (Å²) in [5, 5.41) is 8.95. The van der Waals surface area contributed by atoms with Gasteiger partial charge < -0.3 is 10.0 Å². The summed E-state index contributed by atoms with van der Waals surface area (Å²) in [4.78, 5) is 24.1. The molecule has 21 heavy (non-hydrogen) atoms. The average molecular weight is 312 g/mol. The van der Waals surface area contributed by atoms with E-state index in [9.17, 15) is 18.0 Å². The number of aryl methyl sites for hydroxylation is 1. The third-order valence-electron chi connectivity index (χ3n) is 3.45. The lowest BCUT2D eigenvalue weighted by molar-refractivity contribution is -0.127. The molecule has 1 atom stereocenters. The minimum Gasteiger partial charge on any atom is -0.478 e. The van der Waals surface area contributed by atoms with Gasteiger partial charge in [-0.05, 0) is 31.0 Å². The van der Waals surface area contributed by atoms with Gasteiger partial charge in [0.15, 0.2) is 0 Å². The van der Waals surface area contributed by atoms with E-state index in [0.717, 1.165) is 6.07 Å². The van der Waals surface area contributed by atoms with Crippen molar-refractivity contribution < 1.29 is 23.1 Å². The first-order valence-corrected chi connectivity index (χ1v) is 7.82. The van der Waals surface area contributed by atoms with Crippen LogP contribution in [0.3, 0.4) is 0 Å². The molecule has 0 saturated carbocycles. The maximum absolute atomic E-state index is 12.4. The molecule has 8 heteroatoms. The van der Waals surface area contributed by atoms with Crippen LogP contribution >= 0.6 is 0 Å². The molecule has 2 rings (SSSR count). The van der Waals surface area contributed by atoms with Crippen molar-refractivity contribution in [1.29, 1.82) is 0 Å². The summed E-state index contributed by atoms with van der Waals surface area (Å²) in [6.07, 6.45) is 0.395. The second-order valence-electron chi connectivity index (χ2n) is 5.01. The van der Waals surface area contributed by atoms with E-state index >= 15 is 0 Å². The van der Waals surface area contributed by atoms with Gasteiger partial charge in [0, 0.05) is 13.6 Å². The van der Waals surface area contributed by atoms with Crippen LogP contribution in [-0.4, -0.2) is 49.9 Å². The van der Waals surface area contributed by atoms with Crippen LogP contribution in [0.1, 0.15) is 22.3 Å². The number of likely N-dealkylation sites (tertiary alicyclic amines) is 1. The molecular weight excluding hydrogens is 296 g/mol. The van der Waals surface area contributed by atoms with E-state index in [0.29, 0.717) is 18.5 Å². The molecule has 0 radical (unpaired) electrons. The number of rotatable bonds is 4. The van der Waals surface area contributed by atoms with Crippen LogP contribution in [0, 0.1) is 6.92 Å². The van der Waals surface area contributed by atoms with E-state index in [1.54, 1.807) is 14.0 Å². The van der Waals surface area contributed by atoms with Crippen molar-refractivity contribution in [2.45, 2.75) is 24.3 Å². The zero-order valence-electron chi connectivity index (χ0n) is 11.7. The summed E-state index contributed by atoms with van der Waals surface area (Å²) in [5.74, 6) is -1.49. The van der Waals surface area contributed by atoms with Gasteiger partial charge in [-0.1, -0.05) is 6.07 Å². The van der Waals surface area contributed by atoms with E-state index in [2.05, 4.69) is 4.72 Å². The van der Waals surface area contributed by atoms with Crippen LogP contribution in [0.25, 0.3) is 0 Å². The molecule has 1 saturated heterocycles. The molecule has 1 fully saturated rings. The summed E-state index contributed by atoms with van der Waals surface area (Å²) in [5.41, 5.74) is 0.308. The summed E-state index contributed by atoms with van der Waals surface area (Å²) in [6, 6.07) is 3.07. The summed E-state index contributed by atoms with van der Waals surface area (Å²) >= 11 is 0. The van der Waals surface area contributed by atoms with E-state index in [-0.39, 0.29) is 16.4 Å². The smallest absolute Gasteiger partial charge is 0.335 e. The number of benzene rings is 1. The average Bonchev–Trinajstić information content (AvgIpc) is 2.70. The third kappa shape index (κ3) is 3.06. The van der Waals surface area contributed by atoms with Crippen LogP contribution < -0.4 is 4.72 Å². The van der Waals surface area contributed by atoms with E-state index in [1.807, 2.05) is 0 Å². The lowest BCUT2D eigenvalue weighted by Gasteiger charge is -2.14. The van der Waals surface area contributed by atoms with E-state index in [4.69, 9.17) is 5.11 Å². The number of carboxylic acid groups (broad SMARTS) is 1. The largest absolute Gasteiger partial charge is 0.478 e. The Bertz CT molecular complexity index is 699. The molecule has 1 unspecified atom stereocenters. The van der Waals surface area contributed by atoms with Crippen LogP contribution in [0.5, 0.6) is 0 Å². The lowest BCUT2D eigenvalue weighted by Crippen LogP contribution is -2.40. The Morgan fingerprint density at radius 2 is 2.10 bits per heavy atom. The van der Waals surface area contributed by atoms with Gasteiger partial charge in [-0.3, -0.25) is 4.79 Å². The van der Waals surface area contributed by atoms with Gasteiger partial charge in [0.2, 0.25) is 15.9 Å². The summed E-state index contributed by atoms with van der Waals surface area (Å²) < 4.78 is 27.1. The number of sulfonamides is 1. The Labute approximate surface area is 122 Å². The van der Waals surface area contributed by atoms with Gasteiger partial charge in [0.1, 0.15) is 6.04 Å². The molecule has 1 aromatic carbocycles. The molecule has 0 bridgehead atoms. The fraction of sp³-hybridized carbons (Fsp3) is 0.385. The molecule has 0 spiro atoms. The predicted molar refractivity (Wildman–Crippen MR) is 74.5 cm³/mol. The van der Waals surface area contributed by atoms with Gasteiger partial charge in [-0.25, -0.2) is 13.2 Å². The maximum atomic E-state index is 12.4. The van der Waals surface area contributed by atoms with Crippen LogP contribution in [0.15, 0.2) is 23.1 Å². The topological polar surface area (TPSA) is 104 Å². The summed E-state index contributed by atoms with van der Waals surface area (Å²) in [6.45, 7) is 2.06. The molecule has 2 N–H and O–H groups in total. The number of nitrogens with one attached hydrogen (secondary N) is 1. The first-order valence-electron chi connectivity index (χ1n) is 6.33. The van der Waals surface area contributed by atoms with E-state index in [1.165, 1.54) is 17.0 Å². The highest BCUT2D eigenvalue weighted by atomic mass is 32.2. The van der Waals surface area contributed by atoms with Gasteiger partial charge in [0.25, 0.3) is 0 Å². The van der Waals surface area contributed by atoms with Crippen LogP contribution in [0.4, 0.5) is 0 Å². The molecule has 7 nitrogen and oxygen atoms in total. The second-order valence-corrected chi connectivity index (χ2v) is 6.69. The Morgan fingerprint density at radius 1 is 1.43 bits per heavy atom. The Hall–Kier alpha value is -1.93. The van der Waals surface area contributed by atoms with Crippen molar-refractivity contribution in [3.63, 3.8) is 0 Å². The molecule has 1 aliphatic rings. The van der Waals surface area contributed by atoms with Crippen LogP contribution in [0.2, 0.25) is 0 Å². The van der Waals surface area contributed by atoms with Crippen molar-refractivity contribution >= 4 is 21.9 Å². The molecule has 1 amide bonds. The van der Waals surface area contributed by atoms with Gasteiger partial charge in [0.05, 0.1) is 10.5 Å². The first-order chi connectivity index (χ1) is 9.72. The maximum Gasteiger partial charge on any atom is 0.335 e. The number of carboxylic acids is 1. The highest BCUT2D eigenvalue weighted by Crippen LogP contribution is 2.19. The number of carbonyl (C=O) groups excluding carboxylic acids is 1. The SMILES string of the molecule is Cc1ccc(C(=O)O)cc1S(=O)(=O)NC1CCN(C)C1=O. The first kappa shape index (κ1) is 15.5. The van der Waals surface area contributed by atoms with Crippen molar-refractivity contribution in [3.8, 4) is 0 Å². The highest BCUT2D eigenvalue weighted by molar-refractivity contribution is 7.89. The normalized spacial score (nSPS) is 19.0. The summed E-state index contributed by atoms with van der Waals surface area (Å²) in [7, 11) is -2.34. The molecule has 0 aromatic heterocycles. The quantitative estimate of drug-likeness (QED) is 0.826. The molecule has 1 aromatic rings. The van der Waals surface area contributed by atoms with Gasteiger partial charge >= 0.3 is 5.97 Å².